The Kier molecular flexibility index (Phi) is 2.28. The van der Waals surface area contributed by atoms with Crippen molar-refractivity contribution in [3.8, 4) is 0 Å². The van der Waals surface area contributed by atoms with E-state index in [1.54, 1.807) is 0 Å². The van der Waals surface area contributed by atoms with Crippen LogP contribution in [0, 0.1) is 0 Å². The van der Waals surface area contributed by atoms with Gasteiger partial charge in [0.2, 0.25) is 5.91 Å². The van der Waals surface area contributed by atoms with Crippen molar-refractivity contribution in [2.24, 2.45) is 0 Å². The fourth-order valence-corrected chi connectivity index (χ4v) is 2.70. The Morgan fingerprint density at radius 3 is 3.08 bits per heavy atom. The van der Waals surface area contributed by atoms with Crippen LogP contribution in [0.3, 0.4) is 0 Å². The van der Waals surface area contributed by atoms with E-state index in [0.29, 0.717) is 6.04 Å². The zero-order chi connectivity index (χ0) is 9.31. The molecular weight excluding hydrogens is 164 g/mol. The van der Waals surface area contributed by atoms with Crippen molar-refractivity contribution in [3.05, 3.63) is 0 Å². The van der Waals surface area contributed by atoms with Gasteiger partial charge in [0.1, 0.15) is 0 Å². The molecule has 3 heteroatoms. The minimum Gasteiger partial charge on any atom is -0.350 e. The lowest BCUT2D eigenvalue weighted by molar-refractivity contribution is -0.935. The van der Waals surface area contributed by atoms with Crippen molar-refractivity contribution in [3.63, 3.8) is 0 Å². The summed E-state index contributed by atoms with van der Waals surface area (Å²) >= 11 is 0. The lowest BCUT2D eigenvalue weighted by Gasteiger charge is -2.43. The van der Waals surface area contributed by atoms with Gasteiger partial charge in [0.05, 0.1) is 39.1 Å². The minimum atomic E-state index is 0.258. The predicted molar refractivity (Wildman–Crippen MR) is 51.2 cm³/mol. The standard InChI is InChI=1S/C10H18N2O/c1-12-6-3-2-4-9(12)8-10(13)11-5-7-12/h9H,2-8H2,1H3/p+1/t9-,12+/m1/s1. The van der Waals surface area contributed by atoms with Gasteiger partial charge in [-0.05, 0) is 12.8 Å². The van der Waals surface area contributed by atoms with Gasteiger partial charge in [-0.3, -0.25) is 4.79 Å². The first-order valence-corrected chi connectivity index (χ1v) is 5.32. The van der Waals surface area contributed by atoms with E-state index in [9.17, 15) is 4.79 Å². The van der Waals surface area contributed by atoms with Crippen LogP contribution in [0.1, 0.15) is 25.7 Å². The second-order valence-corrected chi connectivity index (χ2v) is 4.63. The molecule has 74 valence electrons. The number of hydrogen-bond donors (Lipinski definition) is 1. The average Bonchev–Trinajstić information content (AvgIpc) is 2.23. The molecule has 0 aliphatic carbocycles. The molecule has 3 nitrogen and oxygen atoms in total. The van der Waals surface area contributed by atoms with Crippen molar-refractivity contribution in [1.29, 1.82) is 0 Å². The van der Waals surface area contributed by atoms with E-state index in [-0.39, 0.29) is 5.91 Å². The van der Waals surface area contributed by atoms with E-state index in [0.717, 1.165) is 24.0 Å². The number of carbonyl (C=O) groups excluding carboxylic acids is 1. The third kappa shape index (κ3) is 1.70. The Hall–Kier alpha value is -0.570. The number of nitrogens with one attached hydrogen (secondary N) is 1. The SMILES string of the molecule is C[N@@+]12CCCC[C@@H]1CC(=O)NCC2. The first-order chi connectivity index (χ1) is 6.21. The van der Waals surface area contributed by atoms with Gasteiger partial charge in [-0.15, -0.1) is 0 Å². The van der Waals surface area contributed by atoms with Crippen LogP contribution < -0.4 is 5.32 Å². The van der Waals surface area contributed by atoms with Gasteiger partial charge in [0, 0.05) is 6.42 Å². The number of carbonyl (C=O) groups is 1. The average molecular weight is 183 g/mol. The molecule has 2 saturated heterocycles. The van der Waals surface area contributed by atoms with E-state index in [1.807, 2.05) is 0 Å². The largest absolute Gasteiger partial charge is 0.350 e. The summed E-state index contributed by atoms with van der Waals surface area (Å²) < 4.78 is 1.12. The van der Waals surface area contributed by atoms with Crippen LogP contribution in [0.2, 0.25) is 0 Å². The van der Waals surface area contributed by atoms with Gasteiger partial charge in [-0.1, -0.05) is 0 Å². The maximum atomic E-state index is 11.4. The number of fused-ring (bicyclic) bond motifs is 1. The summed E-state index contributed by atoms with van der Waals surface area (Å²) in [6, 6.07) is 0.594. The molecule has 13 heavy (non-hydrogen) atoms. The fourth-order valence-electron chi connectivity index (χ4n) is 2.70. The molecule has 1 amide bonds. The summed E-state index contributed by atoms with van der Waals surface area (Å²) in [6.07, 6.45) is 4.63. The Balaban J connectivity index is 2.13. The maximum Gasteiger partial charge on any atom is 0.226 e. The molecule has 2 aliphatic rings. The highest BCUT2D eigenvalue weighted by Gasteiger charge is 2.38. The predicted octanol–water partition coefficient (Wildman–Crippen LogP) is 0.505. The molecule has 1 N–H and O–H groups in total. The van der Waals surface area contributed by atoms with Gasteiger partial charge in [-0.25, -0.2) is 0 Å². The minimum absolute atomic E-state index is 0.258. The van der Waals surface area contributed by atoms with Crippen LogP contribution in [0.5, 0.6) is 0 Å². The topological polar surface area (TPSA) is 29.1 Å². The fraction of sp³-hybridized carbons (Fsp3) is 0.900. The quantitative estimate of drug-likeness (QED) is 0.545. The number of hydrogen-bond acceptors (Lipinski definition) is 1. The van der Waals surface area contributed by atoms with Crippen molar-refractivity contribution in [1.82, 2.24) is 5.32 Å². The molecule has 0 bridgehead atoms. The molecule has 2 rings (SSSR count). The zero-order valence-corrected chi connectivity index (χ0v) is 8.38. The smallest absolute Gasteiger partial charge is 0.226 e. The van der Waals surface area contributed by atoms with Crippen LogP contribution in [0.4, 0.5) is 0 Å². The molecule has 2 atom stereocenters. The van der Waals surface area contributed by atoms with Crippen LogP contribution in [-0.2, 0) is 4.79 Å². The molecule has 2 aliphatic heterocycles. The highest BCUT2D eigenvalue weighted by molar-refractivity contribution is 5.76. The number of quaternary nitrogens is 1. The third-order valence-electron chi connectivity index (χ3n) is 3.70. The molecule has 0 spiro atoms. The Labute approximate surface area is 79.7 Å². The van der Waals surface area contributed by atoms with Crippen LogP contribution in [0.15, 0.2) is 0 Å². The summed E-state index contributed by atoms with van der Waals surface area (Å²) in [5.74, 6) is 0.258. The molecule has 0 saturated carbocycles. The summed E-state index contributed by atoms with van der Waals surface area (Å²) in [7, 11) is 2.31. The normalized spacial score (nSPS) is 40.4. The van der Waals surface area contributed by atoms with E-state index in [1.165, 1.54) is 25.8 Å². The summed E-state index contributed by atoms with van der Waals surface area (Å²) in [5, 5.41) is 2.97. The second kappa shape index (κ2) is 3.29. The molecule has 2 fully saturated rings. The maximum absolute atomic E-state index is 11.4. The van der Waals surface area contributed by atoms with Crippen molar-refractivity contribution >= 4 is 5.91 Å². The molecule has 2 heterocycles. The second-order valence-electron chi connectivity index (χ2n) is 4.63. The highest BCUT2D eigenvalue weighted by Crippen LogP contribution is 2.26. The van der Waals surface area contributed by atoms with E-state index in [4.69, 9.17) is 0 Å². The molecule has 0 aromatic heterocycles. The zero-order valence-electron chi connectivity index (χ0n) is 8.38. The molecule has 0 radical (unpaired) electrons. The lowest BCUT2D eigenvalue weighted by Crippen LogP contribution is -2.55. The lowest BCUT2D eigenvalue weighted by atomic mass is 9.97. The highest BCUT2D eigenvalue weighted by atomic mass is 16.1. The third-order valence-corrected chi connectivity index (χ3v) is 3.70. The van der Waals surface area contributed by atoms with Gasteiger partial charge < -0.3 is 9.80 Å². The first kappa shape index (κ1) is 9.00. The van der Waals surface area contributed by atoms with Crippen LogP contribution in [0.25, 0.3) is 0 Å². The molecular formula is C10H19N2O+. The van der Waals surface area contributed by atoms with Gasteiger partial charge in [0.25, 0.3) is 0 Å². The number of amides is 1. The number of piperidine rings is 1. The summed E-state index contributed by atoms with van der Waals surface area (Å²) in [4.78, 5) is 11.4. The van der Waals surface area contributed by atoms with Gasteiger partial charge in [0.15, 0.2) is 0 Å². The molecule has 0 aromatic rings. The number of rotatable bonds is 0. The Morgan fingerprint density at radius 1 is 1.38 bits per heavy atom. The van der Waals surface area contributed by atoms with Crippen LogP contribution >= 0.6 is 0 Å². The van der Waals surface area contributed by atoms with Crippen molar-refractivity contribution in [2.45, 2.75) is 31.7 Å². The number of likely N-dealkylation sites (N-methyl/N-ethyl adjacent to an activating group) is 1. The van der Waals surface area contributed by atoms with Gasteiger partial charge >= 0.3 is 0 Å². The van der Waals surface area contributed by atoms with Gasteiger partial charge in [-0.2, -0.15) is 0 Å². The Bertz CT molecular complexity index is 217. The van der Waals surface area contributed by atoms with E-state index in [2.05, 4.69) is 12.4 Å². The van der Waals surface area contributed by atoms with Crippen LogP contribution in [-0.4, -0.2) is 43.1 Å². The van der Waals surface area contributed by atoms with E-state index < -0.39 is 0 Å². The molecule has 0 aromatic carbocycles. The summed E-state index contributed by atoms with van der Waals surface area (Å²) in [5.41, 5.74) is 0. The number of nitrogens with zero attached hydrogens (tertiary/aromatic N) is 1. The first-order valence-electron chi connectivity index (χ1n) is 5.32. The molecule has 0 unspecified atom stereocenters. The Morgan fingerprint density at radius 2 is 2.23 bits per heavy atom. The monoisotopic (exact) mass is 183 g/mol. The van der Waals surface area contributed by atoms with E-state index >= 15 is 0 Å². The van der Waals surface area contributed by atoms with Crippen molar-refractivity contribution < 1.29 is 9.28 Å². The summed E-state index contributed by atoms with van der Waals surface area (Å²) in [6.45, 7) is 3.25. The van der Waals surface area contributed by atoms with Crippen molar-refractivity contribution in [2.75, 3.05) is 26.7 Å².